The van der Waals surface area contributed by atoms with E-state index >= 15 is 0 Å². The third kappa shape index (κ3) is 3.81. The van der Waals surface area contributed by atoms with Gasteiger partial charge in [-0.25, -0.2) is 9.07 Å². The highest BCUT2D eigenvalue weighted by Gasteiger charge is 2.16. The van der Waals surface area contributed by atoms with Crippen molar-refractivity contribution in [3.8, 4) is 0 Å². The molecule has 0 aliphatic rings. The standard InChI is InChI=1S/C17H16FN5O/c1-22(11-15-7-2-3-8-19-15)17(24)16-12-23(21-20-16)10-13-5-4-6-14(18)9-13/h2-9,12H,10-11H2,1H3. The molecule has 0 saturated carbocycles. The normalized spacial score (nSPS) is 10.6. The van der Waals surface area contributed by atoms with E-state index in [-0.39, 0.29) is 17.4 Å². The summed E-state index contributed by atoms with van der Waals surface area (Å²) in [6, 6.07) is 11.8. The van der Waals surface area contributed by atoms with Gasteiger partial charge in [0.15, 0.2) is 5.69 Å². The van der Waals surface area contributed by atoms with E-state index in [2.05, 4.69) is 15.3 Å². The average molecular weight is 325 g/mol. The zero-order valence-electron chi connectivity index (χ0n) is 13.1. The first kappa shape index (κ1) is 15.8. The maximum absolute atomic E-state index is 13.2. The van der Waals surface area contributed by atoms with Crippen LogP contribution in [0.4, 0.5) is 4.39 Å². The Morgan fingerprint density at radius 3 is 2.88 bits per heavy atom. The summed E-state index contributed by atoms with van der Waals surface area (Å²) in [5, 5.41) is 7.84. The van der Waals surface area contributed by atoms with Crippen molar-refractivity contribution in [2.45, 2.75) is 13.1 Å². The molecular formula is C17H16FN5O. The van der Waals surface area contributed by atoms with Gasteiger partial charge < -0.3 is 4.90 Å². The van der Waals surface area contributed by atoms with Gasteiger partial charge in [-0.15, -0.1) is 5.10 Å². The number of pyridine rings is 1. The SMILES string of the molecule is CN(Cc1ccccn1)C(=O)c1cn(Cc2cccc(F)c2)nn1. The number of benzene rings is 1. The minimum Gasteiger partial charge on any atom is -0.334 e. The molecule has 0 fully saturated rings. The van der Waals surface area contributed by atoms with E-state index in [1.807, 2.05) is 18.2 Å². The molecule has 0 saturated heterocycles. The van der Waals surface area contributed by atoms with Crippen molar-refractivity contribution in [1.29, 1.82) is 0 Å². The fourth-order valence-electron chi connectivity index (χ4n) is 2.30. The summed E-state index contributed by atoms with van der Waals surface area (Å²) >= 11 is 0. The molecule has 0 bridgehead atoms. The average Bonchev–Trinajstić information content (AvgIpc) is 3.03. The highest BCUT2D eigenvalue weighted by Crippen LogP contribution is 2.08. The molecule has 2 heterocycles. The molecule has 1 amide bonds. The minimum atomic E-state index is -0.306. The summed E-state index contributed by atoms with van der Waals surface area (Å²) in [5.41, 5.74) is 1.78. The largest absolute Gasteiger partial charge is 0.334 e. The Morgan fingerprint density at radius 1 is 1.25 bits per heavy atom. The first-order valence-electron chi connectivity index (χ1n) is 7.42. The smallest absolute Gasteiger partial charge is 0.276 e. The number of hydrogen-bond donors (Lipinski definition) is 0. The van der Waals surface area contributed by atoms with E-state index in [4.69, 9.17) is 0 Å². The van der Waals surface area contributed by atoms with Crippen molar-refractivity contribution in [2.24, 2.45) is 0 Å². The van der Waals surface area contributed by atoms with Crippen molar-refractivity contribution >= 4 is 5.91 Å². The molecule has 24 heavy (non-hydrogen) atoms. The molecule has 3 aromatic rings. The van der Waals surface area contributed by atoms with Gasteiger partial charge in [0.05, 0.1) is 25.0 Å². The molecule has 0 N–H and O–H groups in total. The minimum absolute atomic E-state index is 0.241. The van der Waals surface area contributed by atoms with Crippen LogP contribution in [0.15, 0.2) is 54.9 Å². The molecule has 0 radical (unpaired) electrons. The molecule has 6 nitrogen and oxygen atoms in total. The summed E-state index contributed by atoms with van der Waals surface area (Å²) in [5.74, 6) is -0.551. The molecule has 122 valence electrons. The van der Waals surface area contributed by atoms with Gasteiger partial charge in [0.2, 0.25) is 0 Å². The Morgan fingerprint density at radius 2 is 2.12 bits per heavy atom. The van der Waals surface area contributed by atoms with Crippen molar-refractivity contribution in [2.75, 3.05) is 7.05 Å². The summed E-state index contributed by atoms with van der Waals surface area (Å²) in [4.78, 5) is 18.1. The summed E-state index contributed by atoms with van der Waals surface area (Å²) in [6.07, 6.45) is 3.24. The molecule has 1 aromatic carbocycles. The Kier molecular flexibility index (Phi) is 4.60. The molecule has 0 aliphatic carbocycles. The van der Waals surface area contributed by atoms with Crippen LogP contribution < -0.4 is 0 Å². The number of carbonyl (C=O) groups excluding carboxylic acids is 1. The lowest BCUT2D eigenvalue weighted by atomic mass is 10.2. The van der Waals surface area contributed by atoms with Crippen LogP contribution in [0.3, 0.4) is 0 Å². The highest BCUT2D eigenvalue weighted by molar-refractivity contribution is 5.91. The lowest BCUT2D eigenvalue weighted by Crippen LogP contribution is -2.26. The second-order valence-electron chi connectivity index (χ2n) is 5.41. The van der Waals surface area contributed by atoms with Crippen LogP contribution in [0.5, 0.6) is 0 Å². The van der Waals surface area contributed by atoms with E-state index in [0.29, 0.717) is 13.1 Å². The van der Waals surface area contributed by atoms with E-state index in [0.717, 1.165) is 11.3 Å². The Bertz CT molecular complexity index is 834. The van der Waals surface area contributed by atoms with Gasteiger partial charge in [0.1, 0.15) is 5.82 Å². The zero-order chi connectivity index (χ0) is 16.9. The second-order valence-corrected chi connectivity index (χ2v) is 5.41. The van der Waals surface area contributed by atoms with Crippen molar-refractivity contribution in [3.63, 3.8) is 0 Å². The van der Waals surface area contributed by atoms with Crippen LogP contribution in [-0.4, -0.2) is 37.8 Å². The van der Waals surface area contributed by atoms with Gasteiger partial charge in [-0.2, -0.15) is 0 Å². The number of amides is 1. The number of halogens is 1. The molecule has 3 rings (SSSR count). The predicted octanol–water partition coefficient (Wildman–Crippen LogP) is 2.13. The summed E-state index contributed by atoms with van der Waals surface area (Å²) in [6.45, 7) is 0.735. The molecule has 0 atom stereocenters. The van der Waals surface area contributed by atoms with Crippen LogP contribution in [-0.2, 0) is 13.1 Å². The molecule has 0 spiro atoms. The lowest BCUT2D eigenvalue weighted by molar-refractivity contribution is 0.0777. The van der Waals surface area contributed by atoms with Crippen LogP contribution in [0.2, 0.25) is 0 Å². The maximum Gasteiger partial charge on any atom is 0.276 e. The summed E-state index contributed by atoms with van der Waals surface area (Å²) in [7, 11) is 1.68. The third-order valence-corrected chi connectivity index (χ3v) is 3.46. The molecular weight excluding hydrogens is 309 g/mol. The van der Waals surface area contributed by atoms with Gasteiger partial charge in [0, 0.05) is 13.2 Å². The van der Waals surface area contributed by atoms with E-state index in [1.165, 1.54) is 21.7 Å². The first-order chi connectivity index (χ1) is 11.6. The van der Waals surface area contributed by atoms with Crippen LogP contribution in [0.25, 0.3) is 0 Å². The zero-order valence-corrected chi connectivity index (χ0v) is 13.1. The van der Waals surface area contributed by atoms with Gasteiger partial charge in [-0.3, -0.25) is 9.78 Å². The number of hydrogen-bond acceptors (Lipinski definition) is 4. The fourth-order valence-corrected chi connectivity index (χ4v) is 2.30. The van der Waals surface area contributed by atoms with Gasteiger partial charge in [0.25, 0.3) is 5.91 Å². The maximum atomic E-state index is 13.2. The Balaban J connectivity index is 1.67. The highest BCUT2D eigenvalue weighted by atomic mass is 19.1. The Hall–Kier alpha value is -3.09. The molecule has 7 heteroatoms. The van der Waals surface area contributed by atoms with E-state index < -0.39 is 0 Å². The fraction of sp³-hybridized carbons (Fsp3) is 0.176. The molecule has 0 unspecified atom stereocenters. The molecule has 2 aromatic heterocycles. The number of aromatic nitrogens is 4. The molecule has 0 aliphatic heterocycles. The lowest BCUT2D eigenvalue weighted by Gasteiger charge is -2.14. The van der Waals surface area contributed by atoms with Gasteiger partial charge >= 0.3 is 0 Å². The van der Waals surface area contributed by atoms with Gasteiger partial charge in [-0.05, 0) is 29.8 Å². The van der Waals surface area contributed by atoms with Crippen molar-refractivity contribution in [1.82, 2.24) is 24.9 Å². The van der Waals surface area contributed by atoms with Crippen LogP contribution >= 0.6 is 0 Å². The number of rotatable bonds is 5. The second kappa shape index (κ2) is 6.99. The topological polar surface area (TPSA) is 63.9 Å². The summed E-state index contributed by atoms with van der Waals surface area (Å²) < 4.78 is 14.7. The van der Waals surface area contributed by atoms with Crippen LogP contribution in [0.1, 0.15) is 21.7 Å². The Labute approximate surface area is 138 Å². The van der Waals surface area contributed by atoms with E-state index in [9.17, 15) is 9.18 Å². The first-order valence-corrected chi connectivity index (χ1v) is 7.42. The van der Waals surface area contributed by atoms with Crippen molar-refractivity contribution < 1.29 is 9.18 Å². The predicted molar refractivity (Wildman–Crippen MR) is 85.6 cm³/mol. The monoisotopic (exact) mass is 325 g/mol. The quantitative estimate of drug-likeness (QED) is 0.721. The third-order valence-electron chi connectivity index (χ3n) is 3.46. The number of nitrogens with zero attached hydrogens (tertiary/aromatic N) is 5. The number of carbonyl (C=O) groups is 1. The van der Waals surface area contributed by atoms with Crippen molar-refractivity contribution in [3.05, 3.63) is 77.6 Å². The van der Waals surface area contributed by atoms with Gasteiger partial charge in [-0.1, -0.05) is 23.4 Å². The van der Waals surface area contributed by atoms with Crippen LogP contribution in [0, 0.1) is 5.82 Å². The van der Waals surface area contributed by atoms with E-state index in [1.54, 1.807) is 31.6 Å².